The lowest BCUT2D eigenvalue weighted by Gasteiger charge is -2.52. The molecule has 9 heteroatoms. The smallest absolute Gasteiger partial charge is 0.312 e. The molecule has 0 radical (unpaired) electrons. The summed E-state index contributed by atoms with van der Waals surface area (Å²) < 4.78 is 37.8. The van der Waals surface area contributed by atoms with Crippen molar-refractivity contribution >= 4 is 27.7 Å². The Kier molecular flexibility index (Phi) is 7.90. The van der Waals surface area contributed by atoms with Gasteiger partial charge < -0.3 is 9.84 Å². The van der Waals surface area contributed by atoms with E-state index in [-0.39, 0.29) is 28.4 Å². The molecule has 1 N–H and O–H groups in total. The zero-order valence-electron chi connectivity index (χ0n) is 25.8. The van der Waals surface area contributed by atoms with Crippen molar-refractivity contribution in [3.05, 3.63) is 64.8 Å². The molecule has 0 amide bonds. The SMILES string of the molecule is Cc1ccc(S(=O)(=O)OCC(=O)[C@@]2(OC(=O)C3CCCCC3O)CC[C@H]3C4=C(CC[C@@]32C)[C@@]2(C)C=CC(=O)C=C2CC4)cc1. The lowest BCUT2D eigenvalue weighted by Crippen LogP contribution is -2.58. The first-order chi connectivity index (χ1) is 20.8. The quantitative estimate of drug-likeness (QED) is 0.241. The predicted octanol–water partition coefficient (Wildman–Crippen LogP) is 5.47. The third-order valence-electron chi connectivity index (χ3n) is 11.4. The molecule has 2 unspecified atom stereocenters. The van der Waals surface area contributed by atoms with Crippen LogP contribution in [0, 0.1) is 29.6 Å². The van der Waals surface area contributed by atoms with E-state index in [1.165, 1.54) is 23.3 Å². The van der Waals surface area contributed by atoms with Gasteiger partial charge in [0.05, 0.1) is 16.9 Å². The number of Topliss-reactive ketones (excluding diaryl/α,β-unsaturated/α-hetero) is 1. The average molecular weight is 623 g/mol. The minimum absolute atomic E-state index is 0.00468. The highest BCUT2D eigenvalue weighted by atomic mass is 32.2. The fourth-order valence-electron chi connectivity index (χ4n) is 8.80. The Labute approximate surface area is 259 Å². The molecule has 5 aliphatic carbocycles. The number of fused-ring (bicyclic) bond motifs is 4. The number of aryl methyl sites for hydroxylation is 1. The van der Waals surface area contributed by atoms with Gasteiger partial charge in [-0.05, 0) is 95.4 Å². The van der Waals surface area contributed by atoms with Crippen molar-refractivity contribution in [1.29, 1.82) is 0 Å². The summed E-state index contributed by atoms with van der Waals surface area (Å²) >= 11 is 0. The highest BCUT2D eigenvalue weighted by Gasteiger charge is 2.66. The Hall–Kier alpha value is -2.88. The maximum Gasteiger partial charge on any atom is 0.312 e. The number of carbonyl (C=O) groups excluding carboxylic acids is 3. The molecule has 44 heavy (non-hydrogen) atoms. The Balaban J connectivity index is 1.35. The molecule has 0 heterocycles. The van der Waals surface area contributed by atoms with Gasteiger partial charge in [0, 0.05) is 10.8 Å². The fraction of sp³-hybridized carbons (Fsp3) is 0.571. The highest BCUT2D eigenvalue weighted by Crippen LogP contribution is 2.65. The fourth-order valence-corrected chi connectivity index (χ4v) is 9.67. The largest absolute Gasteiger partial charge is 0.450 e. The molecule has 236 valence electrons. The van der Waals surface area contributed by atoms with Crippen molar-refractivity contribution in [2.75, 3.05) is 6.61 Å². The first kappa shape index (κ1) is 31.1. The van der Waals surface area contributed by atoms with Crippen molar-refractivity contribution < 1.29 is 36.8 Å². The molecule has 2 saturated carbocycles. The number of aliphatic hydroxyl groups excluding tert-OH is 1. The third-order valence-corrected chi connectivity index (χ3v) is 12.7. The van der Waals surface area contributed by atoms with Gasteiger partial charge in [0.15, 0.2) is 11.4 Å². The molecule has 6 atom stereocenters. The third kappa shape index (κ3) is 4.95. The number of ether oxygens (including phenoxy) is 1. The lowest BCUT2D eigenvalue weighted by atomic mass is 9.53. The van der Waals surface area contributed by atoms with Gasteiger partial charge in [-0.15, -0.1) is 0 Å². The van der Waals surface area contributed by atoms with E-state index in [9.17, 15) is 27.9 Å². The van der Waals surface area contributed by atoms with Crippen LogP contribution >= 0.6 is 0 Å². The van der Waals surface area contributed by atoms with Gasteiger partial charge in [0.25, 0.3) is 10.1 Å². The van der Waals surface area contributed by atoms with Crippen LogP contribution in [-0.2, 0) is 33.4 Å². The summed E-state index contributed by atoms with van der Waals surface area (Å²) in [6, 6.07) is 6.21. The zero-order chi connectivity index (χ0) is 31.5. The molecular weight excluding hydrogens is 580 g/mol. The van der Waals surface area contributed by atoms with Crippen LogP contribution in [0.3, 0.4) is 0 Å². The van der Waals surface area contributed by atoms with E-state index in [4.69, 9.17) is 8.92 Å². The monoisotopic (exact) mass is 622 g/mol. The van der Waals surface area contributed by atoms with Gasteiger partial charge >= 0.3 is 5.97 Å². The van der Waals surface area contributed by atoms with Gasteiger partial charge in [-0.25, -0.2) is 0 Å². The first-order valence-electron chi connectivity index (χ1n) is 15.9. The van der Waals surface area contributed by atoms with Crippen molar-refractivity contribution in [2.24, 2.45) is 22.7 Å². The van der Waals surface area contributed by atoms with Crippen LogP contribution in [0.1, 0.15) is 83.6 Å². The standard InChI is InChI=1S/C35H42O8S/c1-22-8-11-25(12-9-22)44(40,41)42-21-31(38)35(43-32(39)27-6-4-5-7-30(27)37)19-16-29-26-13-10-23-20-24(36)14-17-33(23,2)28(26)15-18-34(29,35)3/h8-9,11-12,14,17,20,27,29-30,37H,4-7,10,13,15-16,18-19,21H2,1-3H3/t27?,29-,30?,33-,34-,35-/m0/s1. The van der Waals surface area contributed by atoms with Crippen LogP contribution in [-0.4, -0.2) is 49.4 Å². The second-order valence-corrected chi connectivity index (χ2v) is 15.4. The molecular formula is C35H42O8S. The summed E-state index contributed by atoms with van der Waals surface area (Å²) in [5, 5.41) is 10.7. The number of ketones is 2. The number of hydrogen-bond acceptors (Lipinski definition) is 8. The predicted molar refractivity (Wildman–Crippen MR) is 163 cm³/mol. The first-order valence-corrected chi connectivity index (χ1v) is 17.3. The van der Waals surface area contributed by atoms with Gasteiger partial charge in [-0.1, -0.05) is 60.3 Å². The summed E-state index contributed by atoms with van der Waals surface area (Å²) in [6.07, 6.45) is 10.7. The summed E-state index contributed by atoms with van der Waals surface area (Å²) in [5.74, 6) is -1.94. The van der Waals surface area contributed by atoms with Gasteiger partial charge in [-0.2, -0.15) is 8.42 Å². The van der Waals surface area contributed by atoms with E-state index in [0.29, 0.717) is 32.1 Å². The Morgan fingerprint density at radius 1 is 1.00 bits per heavy atom. The second-order valence-electron chi connectivity index (χ2n) is 13.8. The summed E-state index contributed by atoms with van der Waals surface area (Å²) in [6.45, 7) is 5.25. The van der Waals surface area contributed by atoms with E-state index in [1.807, 2.05) is 19.9 Å². The maximum absolute atomic E-state index is 14.3. The van der Waals surface area contributed by atoms with Crippen LogP contribution in [0.25, 0.3) is 0 Å². The highest BCUT2D eigenvalue weighted by molar-refractivity contribution is 7.86. The van der Waals surface area contributed by atoms with E-state index in [2.05, 4.69) is 6.92 Å². The van der Waals surface area contributed by atoms with Crippen molar-refractivity contribution in [3.63, 3.8) is 0 Å². The van der Waals surface area contributed by atoms with E-state index in [1.54, 1.807) is 24.3 Å². The number of hydrogen-bond donors (Lipinski definition) is 1. The van der Waals surface area contributed by atoms with E-state index < -0.39 is 51.5 Å². The van der Waals surface area contributed by atoms with Crippen molar-refractivity contribution in [2.45, 2.75) is 102 Å². The molecule has 5 aliphatic rings. The summed E-state index contributed by atoms with van der Waals surface area (Å²) in [4.78, 5) is 40.2. The minimum Gasteiger partial charge on any atom is -0.450 e. The van der Waals surface area contributed by atoms with Crippen LogP contribution in [0.5, 0.6) is 0 Å². The number of carbonyl (C=O) groups is 3. The number of esters is 1. The summed E-state index contributed by atoms with van der Waals surface area (Å²) in [5.41, 5.74) is 1.79. The maximum atomic E-state index is 14.3. The van der Waals surface area contributed by atoms with Gasteiger partial charge in [-0.3, -0.25) is 18.6 Å². The normalized spacial score (nSPS) is 35.0. The zero-order valence-corrected chi connectivity index (χ0v) is 26.6. The molecule has 6 rings (SSSR count). The number of rotatable bonds is 7. The molecule has 1 aromatic carbocycles. The Morgan fingerprint density at radius 2 is 1.73 bits per heavy atom. The van der Waals surface area contributed by atoms with E-state index >= 15 is 0 Å². The molecule has 0 bridgehead atoms. The van der Waals surface area contributed by atoms with Crippen molar-refractivity contribution in [1.82, 2.24) is 0 Å². The molecule has 8 nitrogen and oxygen atoms in total. The molecule has 0 aromatic heterocycles. The lowest BCUT2D eigenvalue weighted by molar-refractivity contribution is -0.190. The van der Waals surface area contributed by atoms with Crippen LogP contribution in [0.4, 0.5) is 0 Å². The van der Waals surface area contributed by atoms with Crippen LogP contribution < -0.4 is 0 Å². The second kappa shape index (κ2) is 11.2. The van der Waals surface area contributed by atoms with Crippen LogP contribution in [0.15, 0.2) is 64.1 Å². The molecule has 1 aromatic rings. The van der Waals surface area contributed by atoms with Gasteiger partial charge in [0.1, 0.15) is 6.61 Å². The number of allylic oxidation sites excluding steroid dienone is 6. The van der Waals surface area contributed by atoms with E-state index in [0.717, 1.165) is 36.8 Å². The molecule has 0 saturated heterocycles. The molecule has 0 spiro atoms. The summed E-state index contributed by atoms with van der Waals surface area (Å²) in [7, 11) is -4.23. The average Bonchev–Trinajstić information content (AvgIpc) is 3.29. The topological polar surface area (TPSA) is 124 Å². The number of benzene rings is 1. The minimum atomic E-state index is -4.23. The Bertz CT molecular complexity index is 1580. The molecule has 2 fully saturated rings. The van der Waals surface area contributed by atoms with Gasteiger partial charge in [0.2, 0.25) is 5.78 Å². The van der Waals surface area contributed by atoms with Crippen LogP contribution in [0.2, 0.25) is 0 Å². The molecule has 0 aliphatic heterocycles. The number of aliphatic hydroxyl groups is 1. The Morgan fingerprint density at radius 3 is 2.45 bits per heavy atom. The van der Waals surface area contributed by atoms with Crippen molar-refractivity contribution in [3.8, 4) is 0 Å².